The molecule has 3 aromatic rings. The zero-order valence-corrected chi connectivity index (χ0v) is 17.1. The average Bonchev–Trinajstić information content (AvgIpc) is 3.32. The molecule has 0 aromatic carbocycles. The molecule has 1 fully saturated rings. The third kappa shape index (κ3) is 2.81. The van der Waals surface area contributed by atoms with Crippen molar-refractivity contribution < 1.29 is 0 Å². The van der Waals surface area contributed by atoms with E-state index in [1.807, 2.05) is 0 Å². The summed E-state index contributed by atoms with van der Waals surface area (Å²) in [5.74, 6) is 1.11. The Labute approximate surface area is 164 Å². The van der Waals surface area contributed by atoms with Gasteiger partial charge in [-0.2, -0.15) is 0 Å². The smallest absolute Gasteiger partial charge is 0.150 e. The topological polar surface area (TPSA) is 45.2 Å². The number of thiophene rings is 1. The van der Waals surface area contributed by atoms with Crippen molar-refractivity contribution in [3.8, 4) is 0 Å². The summed E-state index contributed by atoms with van der Waals surface area (Å²) >= 11 is 1.80. The summed E-state index contributed by atoms with van der Waals surface area (Å²) in [6.07, 6.45) is 7.61. The summed E-state index contributed by atoms with van der Waals surface area (Å²) in [7, 11) is 0. The molecule has 0 N–H and O–H groups in total. The first-order chi connectivity index (χ1) is 13.3. The molecule has 142 valence electrons. The van der Waals surface area contributed by atoms with Gasteiger partial charge in [0, 0.05) is 37.3 Å². The van der Waals surface area contributed by atoms with E-state index in [2.05, 4.69) is 23.6 Å². The van der Waals surface area contributed by atoms with E-state index in [0.29, 0.717) is 0 Å². The minimum Gasteiger partial charge on any atom is -0.353 e. The Bertz CT molecular complexity index is 987. The maximum Gasteiger partial charge on any atom is 0.150 e. The van der Waals surface area contributed by atoms with Gasteiger partial charge in [0.15, 0.2) is 0 Å². The van der Waals surface area contributed by atoms with Crippen molar-refractivity contribution in [2.45, 2.75) is 46.0 Å². The van der Waals surface area contributed by atoms with Gasteiger partial charge in [-0.05, 0) is 43.4 Å². The van der Waals surface area contributed by atoms with Crippen LogP contribution in [0.15, 0.2) is 6.33 Å². The molecule has 1 saturated heterocycles. The van der Waals surface area contributed by atoms with E-state index in [-0.39, 0.29) is 0 Å². The number of anilines is 1. The van der Waals surface area contributed by atoms with Crippen LogP contribution >= 0.6 is 11.3 Å². The first-order valence-electron chi connectivity index (χ1n) is 10.3. The third-order valence-corrected chi connectivity index (χ3v) is 7.21. The number of piperazine rings is 1. The molecular formula is C21H27N5S. The van der Waals surface area contributed by atoms with Gasteiger partial charge >= 0.3 is 0 Å². The van der Waals surface area contributed by atoms with Crippen molar-refractivity contribution in [3.05, 3.63) is 23.1 Å². The second-order valence-corrected chi connectivity index (χ2v) is 8.70. The van der Waals surface area contributed by atoms with Gasteiger partial charge in [-0.1, -0.05) is 20.3 Å². The van der Waals surface area contributed by atoms with Crippen LogP contribution in [0, 0.1) is 0 Å². The molecule has 0 unspecified atom stereocenters. The van der Waals surface area contributed by atoms with Gasteiger partial charge in [0.25, 0.3) is 0 Å². The summed E-state index contributed by atoms with van der Waals surface area (Å²) in [5, 5.41) is 1.32. The lowest BCUT2D eigenvalue weighted by molar-refractivity contribution is 0.271. The molecule has 0 atom stereocenters. The van der Waals surface area contributed by atoms with E-state index >= 15 is 0 Å². The summed E-state index contributed by atoms with van der Waals surface area (Å²) in [5.41, 5.74) is 5.50. The van der Waals surface area contributed by atoms with Crippen molar-refractivity contribution in [2.75, 3.05) is 37.6 Å². The summed E-state index contributed by atoms with van der Waals surface area (Å²) in [6, 6.07) is 0. The number of hydrogen-bond acceptors (Lipinski definition) is 6. The van der Waals surface area contributed by atoms with Gasteiger partial charge in [-0.25, -0.2) is 15.0 Å². The van der Waals surface area contributed by atoms with Crippen LogP contribution in [-0.2, 0) is 19.3 Å². The molecule has 5 rings (SSSR count). The van der Waals surface area contributed by atoms with Gasteiger partial charge in [0.1, 0.15) is 17.0 Å². The average molecular weight is 382 g/mol. The second-order valence-electron chi connectivity index (χ2n) is 7.70. The molecular weight excluding hydrogens is 354 g/mol. The number of hydrogen-bond donors (Lipinski definition) is 0. The van der Waals surface area contributed by atoms with Crippen LogP contribution in [-0.4, -0.2) is 52.6 Å². The van der Waals surface area contributed by atoms with Crippen LogP contribution in [0.2, 0.25) is 0 Å². The molecule has 0 spiro atoms. The van der Waals surface area contributed by atoms with E-state index in [1.165, 1.54) is 51.0 Å². The fourth-order valence-corrected chi connectivity index (χ4v) is 5.90. The first-order valence-corrected chi connectivity index (χ1v) is 11.2. The van der Waals surface area contributed by atoms with Gasteiger partial charge in [-0.15, -0.1) is 11.3 Å². The van der Waals surface area contributed by atoms with E-state index < -0.39 is 0 Å². The van der Waals surface area contributed by atoms with Crippen LogP contribution in [0.5, 0.6) is 0 Å². The number of aromatic nitrogens is 3. The Balaban J connectivity index is 1.65. The number of fused-ring (bicyclic) bond motifs is 5. The maximum atomic E-state index is 5.11. The number of rotatable bonds is 4. The normalized spacial score (nSPS) is 17.9. The first kappa shape index (κ1) is 17.3. The van der Waals surface area contributed by atoms with Crippen LogP contribution in [0.1, 0.15) is 43.5 Å². The Kier molecular flexibility index (Phi) is 4.48. The van der Waals surface area contributed by atoms with E-state index in [4.69, 9.17) is 15.0 Å². The molecule has 1 aliphatic carbocycles. The molecule has 27 heavy (non-hydrogen) atoms. The molecule has 0 saturated carbocycles. The Hall–Kier alpha value is -1.79. The standard InChI is InChI=1S/C21H27N5S/c1-3-6-16-14-7-5-8-15(14)17-18-19(27-21(17)24-16)20(23-13-22-18)26-11-9-25(4-2)10-12-26/h13H,3-12H2,1-2H3. The predicted octanol–water partition coefficient (Wildman–Crippen LogP) is 3.82. The molecule has 5 nitrogen and oxygen atoms in total. The molecule has 1 aliphatic heterocycles. The minimum absolute atomic E-state index is 1.04. The number of likely N-dealkylation sites (N-methyl/N-ethyl adjacent to an activating group) is 1. The summed E-state index contributed by atoms with van der Waals surface area (Å²) in [6.45, 7) is 9.93. The van der Waals surface area contributed by atoms with Gasteiger partial charge < -0.3 is 9.80 Å². The molecule has 0 bridgehead atoms. The quantitative estimate of drug-likeness (QED) is 0.687. The summed E-state index contributed by atoms with van der Waals surface area (Å²) < 4.78 is 1.23. The SMILES string of the molecule is CCCc1nc2sc3c(N4CCN(CC)CC4)ncnc3c2c2c1CCC2. The van der Waals surface area contributed by atoms with E-state index in [9.17, 15) is 0 Å². The van der Waals surface area contributed by atoms with Crippen LogP contribution in [0.3, 0.4) is 0 Å². The lowest BCUT2D eigenvalue weighted by Gasteiger charge is -2.34. The maximum absolute atomic E-state index is 5.11. The van der Waals surface area contributed by atoms with Crippen LogP contribution in [0.4, 0.5) is 5.82 Å². The minimum atomic E-state index is 1.04. The second kappa shape index (κ2) is 6.99. The van der Waals surface area contributed by atoms with Crippen molar-refractivity contribution in [1.82, 2.24) is 19.9 Å². The molecule has 3 aromatic heterocycles. The Morgan fingerprint density at radius 3 is 2.63 bits per heavy atom. The monoisotopic (exact) mass is 381 g/mol. The van der Waals surface area contributed by atoms with Crippen molar-refractivity contribution in [2.24, 2.45) is 0 Å². The lowest BCUT2D eigenvalue weighted by Crippen LogP contribution is -2.46. The third-order valence-electron chi connectivity index (χ3n) is 6.14. The highest BCUT2D eigenvalue weighted by molar-refractivity contribution is 7.26. The highest BCUT2D eigenvalue weighted by Gasteiger charge is 2.26. The Morgan fingerprint density at radius 2 is 1.85 bits per heavy atom. The highest BCUT2D eigenvalue weighted by atomic mass is 32.1. The predicted molar refractivity (Wildman–Crippen MR) is 113 cm³/mol. The van der Waals surface area contributed by atoms with E-state index in [0.717, 1.165) is 56.9 Å². The fourth-order valence-electron chi connectivity index (χ4n) is 4.71. The van der Waals surface area contributed by atoms with E-state index in [1.54, 1.807) is 17.7 Å². The lowest BCUT2D eigenvalue weighted by atomic mass is 10.0. The van der Waals surface area contributed by atoms with Crippen LogP contribution in [0.25, 0.3) is 20.4 Å². The molecule has 6 heteroatoms. The number of aryl methyl sites for hydroxylation is 2. The van der Waals surface area contributed by atoms with Gasteiger partial charge in [-0.3, -0.25) is 0 Å². The molecule has 0 radical (unpaired) electrons. The van der Waals surface area contributed by atoms with Crippen LogP contribution < -0.4 is 4.90 Å². The van der Waals surface area contributed by atoms with Crippen molar-refractivity contribution >= 4 is 37.6 Å². The fraction of sp³-hybridized carbons (Fsp3) is 0.571. The number of pyridine rings is 1. The highest BCUT2D eigenvalue weighted by Crippen LogP contribution is 2.42. The number of nitrogens with zero attached hydrogens (tertiary/aromatic N) is 5. The van der Waals surface area contributed by atoms with Crippen molar-refractivity contribution in [3.63, 3.8) is 0 Å². The van der Waals surface area contributed by atoms with Crippen molar-refractivity contribution in [1.29, 1.82) is 0 Å². The Morgan fingerprint density at radius 1 is 1.04 bits per heavy atom. The molecule has 0 amide bonds. The molecule has 2 aliphatic rings. The van der Waals surface area contributed by atoms with Gasteiger partial charge in [0.05, 0.1) is 10.2 Å². The zero-order valence-electron chi connectivity index (χ0n) is 16.3. The zero-order chi connectivity index (χ0) is 18.4. The largest absolute Gasteiger partial charge is 0.353 e. The summed E-state index contributed by atoms with van der Waals surface area (Å²) in [4.78, 5) is 20.7. The molecule has 4 heterocycles. The van der Waals surface area contributed by atoms with Gasteiger partial charge in [0.2, 0.25) is 0 Å².